The molecule has 26 heavy (non-hydrogen) atoms. The average molecular weight is 355 g/mol. The Hall–Kier alpha value is -3.29. The van der Waals surface area contributed by atoms with E-state index in [9.17, 15) is 19.2 Å². The molecule has 0 radical (unpaired) electrons. The third-order valence-corrected chi connectivity index (χ3v) is 3.95. The zero-order valence-corrected chi connectivity index (χ0v) is 14.7. The van der Waals surface area contributed by atoms with Crippen LogP contribution in [0.1, 0.15) is 63.4 Å². The van der Waals surface area contributed by atoms with Gasteiger partial charge in [0.25, 0.3) is 17.4 Å². The minimum absolute atomic E-state index is 0.136. The standard InChI is InChI=1S/C18H17N3O5/c1-9-12(13(22)20-17(19-9)18(2,3)4)16(25)26-21-14(23)10-7-5-6-8-11(10)15(21)24/h5-8H,1-4H3,(H,19,20,22). The van der Waals surface area contributed by atoms with Crippen LogP contribution in [0.25, 0.3) is 0 Å². The van der Waals surface area contributed by atoms with E-state index in [-0.39, 0.29) is 22.4 Å². The molecule has 0 unspecified atom stereocenters. The Balaban J connectivity index is 1.92. The van der Waals surface area contributed by atoms with Crippen molar-refractivity contribution in [2.45, 2.75) is 33.1 Å². The van der Waals surface area contributed by atoms with Gasteiger partial charge in [0.1, 0.15) is 11.4 Å². The van der Waals surface area contributed by atoms with Crippen LogP contribution in [0.15, 0.2) is 29.1 Å². The minimum atomic E-state index is -1.12. The van der Waals surface area contributed by atoms with Gasteiger partial charge in [-0.05, 0) is 19.1 Å². The first-order valence-electron chi connectivity index (χ1n) is 7.92. The third-order valence-electron chi connectivity index (χ3n) is 3.95. The number of rotatable bonds is 2. The second-order valence-corrected chi connectivity index (χ2v) is 6.95. The van der Waals surface area contributed by atoms with E-state index in [1.165, 1.54) is 19.1 Å². The maximum absolute atomic E-state index is 12.4. The van der Waals surface area contributed by atoms with Crippen LogP contribution in [0.2, 0.25) is 0 Å². The highest BCUT2D eigenvalue weighted by atomic mass is 16.7. The van der Waals surface area contributed by atoms with Crippen molar-refractivity contribution in [1.29, 1.82) is 0 Å². The zero-order chi connectivity index (χ0) is 19.2. The summed E-state index contributed by atoms with van der Waals surface area (Å²) < 4.78 is 0. The fourth-order valence-corrected chi connectivity index (χ4v) is 2.56. The molecule has 0 spiro atoms. The molecule has 0 aliphatic carbocycles. The molecular weight excluding hydrogens is 338 g/mol. The topological polar surface area (TPSA) is 109 Å². The van der Waals surface area contributed by atoms with E-state index in [0.717, 1.165) is 0 Å². The Labute approximate surface area is 148 Å². The van der Waals surface area contributed by atoms with Gasteiger partial charge in [-0.25, -0.2) is 9.78 Å². The molecular formula is C18H17N3O5. The van der Waals surface area contributed by atoms with Gasteiger partial charge < -0.3 is 9.82 Å². The number of nitrogens with one attached hydrogen (secondary N) is 1. The first-order valence-corrected chi connectivity index (χ1v) is 7.92. The number of nitrogens with zero attached hydrogens (tertiary/aromatic N) is 2. The van der Waals surface area contributed by atoms with E-state index in [1.807, 2.05) is 20.8 Å². The number of carbonyl (C=O) groups excluding carboxylic acids is 3. The molecule has 1 N–H and O–H groups in total. The van der Waals surface area contributed by atoms with Gasteiger partial charge in [-0.15, -0.1) is 0 Å². The molecule has 0 atom stereocenters. The van der Waals surface area contributed by atoms with Crippen LogP contribution >= 0.6 is 0 Å². The molecule has 3 rings (SSSR count). The molecule has 2 aromatic rings. The summed E-state index contributed by atoms with van der Waals surface area (Å²) in [5.41, 5.74) is -1.04. The van der Waals surface area contributed by atoms with Crippen LogP contribution < -0.4 is 5.56 Å². The monoisotopic (exact) mass is 355 g/mol. The van der Waals surface area contributed by atoms with Crippen molar-refractivity contribution >= 4 is 17.8 Å². The number of amides is 2. The van der Waals surface area contributed by atoms with Crippen LogP contribution in [-0.4, -0.2) is 32.8 Å². The molecule has 0 saturated heterocycles. The van der Waals surface area contributed by atoms with Crippen molar-refractivity contribution < 1.29 is 19.2 Å². The number of hydroxylamine groups is 2. The van der Waals surface area contributed by atoms with E-state index >= 15 is 0 Å². The fraction of sp³-hybridized carbons (Fsp3) is 0.278. The molecule has 0 bridgehead atoms. The Morgan fingerprint density at radius 1 is 1.08 bits per heavy atom. The van der Waals surface area contributed by atoms with Crippen molar-refractivity contribution in [3.05, 3.63) is 62.8 Å². The fourth-order valence-electron chi connectivity index (χ4n) is 2.56. The number of aromatic nitrogens is 2. The quantitative estimate of drug-likeness (QED) is 0.822. The minimum Gasteiger partial charge on any atom is -0.324 e. The van der Waals surface area contributed by atoms with E-state index in [4.69, 9.17) is 4.84 Å². The predicted octanol–water partition coefficient (Wildman–Crippen LogP) is 1.74. The zero-order valence-electron chi connectivity index (χ0n) is 14.7. The molecule has 134 valence electrons. The molecule has 0 saturated carbocycles. The normalized spacial score (nSPS) is 13.8. The van der Waals surface area contributed by atoms with Crippen molar-refractivity contribution in [1.82, 2.24) is 15.0 Å². The SMILES string of the molecule is Cc1nc(C(C)(C)C)[nH]c(=O)c1C(=O)ON1C(=O)c2ccccc2C1=O. The van der Waals surface area contributed by atoms with Gasteiger partial charge in [0, 0.05) is 5.41 Å². The van der Waals surface area contributed by atoms with Gasteiger partial charge in [-0.2, -0.15) is 0 Å². The van der Waals surface area contributed by atoms with E-state index < -0.39 is 28.8 Å². The third kappa shape index (κ3) is 2.79. The summed E-state index contributed by atoms with van der Waals surface area (Å²) in [6, 6.07) is 6.11. The average Bonchev–Trinajstić information content (AvgIpc) is 2.79. The molecule has 1 aliphatic rings. The van der Waals surface area contributed by atoms with Gasteiger partial charge in [0.05, 0.1) is 16.8 Å². The molecule has 1 aromatic heterocycles. The van der Waals surface area contributed by atoms with Crippen LogP contribution in [0.4, 0.5) is 0 Å². The Kier molecular flexibility index (Phi) is 3.98. The molecule has 1 aromatic carbocycles. The highest BCUT2D eigenvalue weighted by molar-refractivity contribution is 6.21. The number of hydrogen-bond acceptors (Lipinski definition) is 6. The lowest BCUT2D eigenvalue weighted by atomic mass is 9.95. The maximum Gasteiger partial charge on any atom is 0.371 e. The summed E-state index contributed by atoms with van der Waals surface area (Å²) in [5, 5.41) is 0.365. The lowest BCUT2D eigenvalue weighted by Gasteiger charge is -2.18. The predicted molar refractivity (Wildman–Crippen MR) is 90.7 cm³/mol. The van der Waals surface area contributed by atoms with E-state index in [0.29, 0.717) is 10.9 Å². The van der Waals surface area contributed by atoms with Crippen LogP contribution in [-0.2, 0) is 10.3 Å². The van der Waals surface area contributed by atoms with E-state index in [2.05, 4.69) is 9.97 Å². The first kappa shape index (κ1) is 17.5. The van der Waals surface area contributed by atoms with Crippen LogP contribution in [0, 0.1) is 6.92 Å². The summed E-state index contributed by atoms with van der Waals surface area (Å²) >= 11 is 0. The molecule has 8 heteroatoms. The van der Waals surface area contributed by atoms with Crippen molar-refractivity contribution in [2.75, 3.05) is 0 Å². The Morgan fingerprint density at radius 2 is 1.62 bits per heavy atom. The maximum atomic E-state index is 12.4. The van der Waals surface area contributed by atoms with Crippen molar-refractivity contribution in [3.8, 4) is 0 Å². The number of H-pyrrole nitrogens is 1. The summed E-state index contributed by atoms with van der Waals surface area (Å²) in [5.74, 6) is -2.22. The summed E-state index contributed by atoms with van der Waals surface area (Å²) in [6.07, 6.45) is 0. The molecule has 2 amide bonds. The van der Waals surface area contributed by atoms with Crippen LogP contribution in [0.5, 0.6) is 0 Å². The highest BCUT2D eigenvalue weighted by Crippen LogP contribution is 2.23. The van der Waals surface area contributed by atoms with Crippen LogP contribution in [0.3, 0.4) is 0 Å². The van der Waals surface area contributed by atoms with Crippen molar-refractivity contribution in [3.63, 3.8) is 0 Å². The molecule has 1 aliphatic heterocycles. The molecule has 8 nitrogen and oxygen atoms in total. The number of carbonyl (C=O) groups is 3. The van der Waals surface area contributed by atoms with E-state index in [1.54, 1.807) is 12.1 Å². The summed E-state index contributed by atoms with van der Waals surface area (Å²) in [7, 11) is 0. The molecule has 2 heterocycles. The summed E-state index contributed by atoms with van der Waals surface area (Å²) in [4.78, 5) is 61.0. The number of benzene rings is 1. The lowest BCUT2D eigenvalue weighted by Crippen LogP contribution is -2.36. The summed E-state index contributed by atoms with van der Waals surface area (Å²) in [6.45, 7) is 7.08. The highest BCUT2D eigenvalue weighted by Gasteiger charge is 2.39. The second-order valence-electron chi connectivity index (χ2n) is 6.95. The largest absolute Gasteiger partial charge is 0.371 e. The number of aromatic amines is 1. The molecule has 0 fully saturated rings. The lowest BCUT2D eigenvalue weighted by molar-refractivity contribution is -0.0586. The van der Waals surface area contributed by atoms with Gasteiger partial charge in [0.15, 0.2) is 0 Å². The first-order chi connectivity index (χ1) is 12.1. The number of aryl methyl sites for hydroxylation is 1. The van der Waals surface area contributed by atoms with Gasteiger partial charge in [-0.1, -0.05) is 38.0 Å². The van der Waals surface area contributed by atoms with Gasteiger partial charge in [-0.3, -0.25) is 14.4 Å². The second kappa shape index (κ2) is 5.91. The number of fused-ring (bicyclic) bond motifs is 1. The number of imide groups is 1. The Morgan fingerprint density at radius 3 is 2.08 bits per heavy atom. The Bertz CT molecular complexity index is 966. The van der Waals surface area contributed by atoms with Crippen molar-refractivity contribution in [2.24, 2.45) is 0 Å². The smallest absolute Gasteiger partial charge is 0.324 e. The van der Waals surface area contributed by atoms with Gasteiger partial charge in [0.2, 0.25) is 0 Å². The number of hydrogen-bond donors (Lipinski definition) is 1. The van der Waals surface area contributed by atoms with Gasteiger partial charge >= 0.3 is 5.97 Å².